The van der Waals surface area contributed by atoms with Crippen molar-refractivity contribution >= 4 is 0 Å². The molecule has 2 fully saturated rings. The summed E-state index contributed by atoms with van der Waals surface area (Å²) in [6.07, 6.45) is 2.55. The second-order valence-corrected chi connectivity index (χ2v) is 8.03. The average Bonchev–Trinajstić information content (AvgIpc) is 2.73. The van der Waals surface area contributed by atoms with Gasteiger partial charge in [-0.05, 0) is 43.1 Å². The van der Waals surface area contributed by atoms with Crippen LogP contribution in [-0.2, 0) is 0 Å². The average molecular weight is 266 g/mol. The van der Waals surface area contributed by atoms with Gasteiger partial charge < -0.3 is 5.32 Å². The number of likely N-dealkylation sites (tertiary alicyclic amines) is 1. The Labute approximate surface area is 120 Å². The number of rotatable bonds is 4. The zero-order valence-electron chi connectivity index (χ0n) is 14.1. The zero-order valence-corrected chi connectivity index (χ0v) is 14.1. The van der Waals surface area contributed by atoms with Crippen molar-refractivity contribution in [3.8, 4) is 0 Å². The molecule has 19 heavy (non-hydrogen) atoms. The van der Waals surface area contributed by atoms with Gasteiger partial charge in [0.15, 0.2) is 0 Å². The van der Waals surface area contributed by atoms with Gasteiger partial charge in [0.2, 0.25) is 0 Å². The van der Waals surface area contributed by atoms with E-state index in [0.717, 1.165) is 18.0 Å². The van der Waals surface area contributed by atoms with Gasteiger partial charge in [-0.15, -0.1) is 0 Å². The Bertz CT molecular complexity index is 307. The molecule has 0 bridgehead atoms. The maximum Gasteiger partial charge on any atom is 0.0212 e. The second kappa shape index (κ2) is 5.04. The zero-order chi connectivity index (χ0) is 14.4. The predicted octanol–water partition coefficient (Wildman–Crippen LogP) is 3.52. The van der Waals surface area contributed by atoms with Crippen molar-refractivity contribution in [2.45, 2.75) is 79.4 Å². The van der Waals surface area contributed by atoms with Gasteiger partial charge in [-0.3, -0.25) is 4.90 Å². The lowest BCUT2D eigenvalue weighted by atomic mass is 9.86. The third kappa shape index (κ3) is 2.35. The van der Waals surface area contributed by atoms with Gasteiger partial charge in [0.25, 0.3) is 0 Å². The first-order valence-corrected chi connectivity index (χ1v) is 8.24. The van der Waals surface area contributed by atoms with Crippen molar-refractivity contribution in [2.75, 3.05) is 13.1 Å². The molecule has 0 aromatic rings. The van der Waals surface area contributed by atoms with Crippen LogP contribution in [0.25, 0.3) is 0 Å². The Morgan fingerprint density at radius 1 is 1.11 bits per heavy atom. The molecule has 0 aromatic heterocycles. The summed E-state index contributed by atoms with van der Waals surface area (Å²) in [6, 6.07) is 2.19. The van der Waals surface area contributed by atoms with Gasteiger partial charge in [0.05, 0.1) is 0 Å². The van der Waals surface area contributed by atoms with E-state index >= 15 is 0 Å². The lowest BCUT2D eigenvalue weighted by Gasteiger charge is -2.44. The number of nitrogens with one attached hydrogen (secondary N) is 1. The molecule has 1 N–H and O–H groups in total. The first-order chi connectivity index (χ1) is 8.75. The maximum absolute atomic E-state index is 3.75. The molecule has 0 spiro atoms. The van der Waals surface area contributed by atoms with Gasteiger partial charge in [-0.1, -0.05) is 41.5 Å². The summed E-state index contributed by atoms with van der Waals surface area (Å²) >= 11 is 0. The smallest absolute Gasteiger partial charge is 0.0212 e. The Morgan fingerprint density at radius 2 is 1.68 bits per heavy atom. The van der Waals surface area contributed by atoms with E-state index < -0.39 is 0 Å². The second-order valence-electron chi connectivity index (χ2n) is 8.03. The van der Waals surface area contributed by atoms with Gasteiger partial charge in [-0.2, -0.15) is 0 Å². The lowest BCUT2D eigenvalue weighted by molar-refractivity contribution is 0.0622. The summed E-state index contributed by atoms with van der Waals surface area (Å²) < 4.78 is 0. The van der Waals surface area contributed by atoms with E-state index in [-0.39, 0.29) is 0 Å². The Morgan fingerprint density at radius 3 is 2.16 bits per heavy atom. The van der Waals surface area contributed by atoms with Gasteiger partial charge in [0.1, 0.15) is 0 Å². The summed E-state index contributed by atoms with van der Waals surface area (Å²) in [5, 5.41) is 3.75. The SMILES string of the molecule is CCCNC1CCN(C2C(C)(C)C2(C)C)C(C)C1C. The molecule has 3 unspecified atom stereocenters. The molecule has 2 heteroatoms. The highest BCUT2D eigenvalue weighted by atomic mass is 15.3. The molecule has 2 nitrogen and oxygen atoms in total. The minimum atomic E-state index is 0.477. The summed E-state index contributed by atoms with van der Waals surface area (Å²) in [5.41, 5.74) is 0.954. The van der Waals surface area contributed by atoms with Crippen LogP contribution in [0.1, 0.15) is 61.3 Å². The molecule has 112 valence electrons. The van der Waals surface area contributed by atoms with E-state index in [2.05, 4.69) is 58.7 Å². The highest BCUT2D eigenvalue weighted by molar-refractivity contribution is 5.19. The number of hydrogen-bond acceptors (Lipinski definition) is 2. The minimum Gasteiger partial charge on any atom is -0.314 e. The van der Waals surface area contributed by atoms with Gasteiger partial charge >= 0.3 is 0 Å². The molecule has 1 saturated heterocycles. The summed E-state index contributed by atoms with van der Waals surface area (Å²) in [4.78, 5) is 2.80. The van der Waals surface area contributed by atoms with E-state index in [4.69, 9.17) is 0 Å². The van der Waals surface area contributed by atoms with Crippen molar-refractivity contribution in [3.05, 3.63) is 0 Å². The quantitative estimate of drug-likeness (QED) is 0.837. The third-order valence-electron chi connectivity index (χ3n) is 6.55. The van der Waals surface area contributed by atoms with Crippen LogP contribution in [-0.4, -0.2) is 36.1 Å². The molecule has 0 amide bonds. The van der Waals surface area contributed by atoms with E-state index in [1.54, 1.807) is 0 Å². The topological polar surface area (TPSA) is 15.3 Å². The van der Waals surface area contributed by atoms with Crippen LogP contribution in [0.4, 0.5) is 0 Å². The van der Waals surface area contributed by atoms with Crippen LogP contribution in [0.5, 0.6) is 0 Å². The van der Waals surface area contributed by atoms with E-state index in [9.17, 15) is 0 Å². The van der Waals surface area contributed by atoms with E-state index in [0.29, 0.717) is 16.9 Å². The van der Waals surface area contributed by atoms with E-state index in [1.165, 1.54) is 25.9 Å². The number of piperidine rings is 1. The van der Waals surface area contributed by atoms with Gasteiger partial charge in [-0.25, -0.2) is 0 Å². The third-order valence-corrected chi connectivity index (χ3v) is 6.55. The molecule has 1 aliphatic heterocycles. The molecular formula is C17H34N2. The Hall–Kier alpha value is -0.0800. The van der Waals surface area contributed by atoms with Crippen LogP contribution in [0.3, 0.4) is 0 Å². The number of nitrogens with zero attached hydrogens (tertiary/aromatic N) is 1. The van der Waals surface area contributed by atoms with Crippen LogP contribution in [0.15, 0.2) is 0 Å². The van der Waals surface area contributed by atoms with Gasteiger partial charge in [0, 0.05) is 24.7 Å². The van der Waals surface area contributed by atoms with Crippen molar-refractivity contribution in [1.29, 1.82) is 0 Å². The monoisotopic (exact) mass is 266 g/mol. The molecule has 3 atom stereocenters. The largest absolute Gasteiger partial charge is 0.314 e. The fourth-order valence-corrected chi connectivity index (χ4v) is 4.37. The van der Waals surface area contributed by atoms with Crippen LogP contribution >= 0.6 is 0 Å². The van der Waals surface area contributed by atoms with Crippen molar-refractivity contribution < 1.29 is 0 Å². The van der Waals surface area contributed by atoms with Crippen LogP contribution < -0.4 is 5.32 Å². The highest BCUT2D eigenvalue weighted by Gasteiger charge is 2.67. The molecule has 2 aliphatic rings. The maximum atomic E-state index is 3.75. The standard InChI is InChI=1S/C17H34N2/c1-8-10-18-14-9-11-19(13(3)12(14)2)15-16(4,5)17(15,6)7/h12-15,18H,8-11H2,1-7H3. The molecule has 0 aromatic carbocycles. The van der Waals surface area contributed by atoms with Crippen molar-refractivity contribution in [3.63, 3.8) is 0 Å². The van der Waals surface area contributed by atoms with Crippen molar-refractivity contribution in [1.82, 2.24) is 10.2 Å². The fourth-order valence-electron chi connectivity index (χ4n) is 4.37. The Balaban J connectivity index is 2.01. The summed E-state index contributed by atoms with van der Waals surface area (Å²) in [5.74, 6) is 0.757. The molecule has 1 aliphatic carbocycles. The fraction of sp³-hybridized carbons (Fsp3) is 1.00. The normalized spacial score (nSPS) is 38.4. The predicted molar refractivity (Wildman–Crippen MR) is 83.4 cm³/mol. The first kappa shape index (κ1) is 15.3. The molecule has 2 rings (SSSR count). The van der Waals surface area contributed by atoms with Crippen molar-refractivity contribution in [2.24, 2.45) is 16.7 Å². The molecular weight excluding hydrogens is 232 g/mol. The Kier molecular flexibility index (Phi) is 4.06. The molecule has 1 heterocycles. The minimum absolute atomic E-state index is 0.477. The first-order valence-electron chi connectivity index (χ1n) is 8.24. The van der Waals surface area contributed by atoms with Crippen LogP contribution in [0.2, 0.25) is 0 Å². The van der Waals surface area contributed by atoms with Crippen LogP contribution in [0, 0.1) is 16.7 Å². The molecule has 0 radical (unpaired) electrons. The summed E-state index contributed by atoms with van der Waals surface area (Å²) in [6.45, 7) is 19.3. The lowest BCUT2D eigenvalue weighted by Crippen LogP contribution is -2.55. The number of hydrogen-bond donors (Lipinski definition) is 1. The highest BCUT2D eigenvalue weighted by Crippen LogP contribution is 2.66. The van der Waals surface area contributed by atoms with E-state index in [1.807, 2.05) is 0 Å². The summed E-state index contributed by atoms with van der Waals surface area (Å²) in [7, 11) is 0. The molecule has 1 saturated carbocycles.